The van der Waals surface area contributed by atoms with Crippen molar-refractivity contribution in [1.82, 2.24) is 9.62 Å². The van der Waals surface area contributed by atoms with Crippen LogP contribution in [0.5, 0.6) is 0 Å². The molecule has 0 radical (unpaired) electrons. The number of sulfonamides is 1. The van der Waals surface area contributed by atoms with Crippen LogP contribution in [0.3, 0.4) is 0 Å². The summed E-state index contributed by atoms with van der Waals surface area (Å²) in [5.41, 5.74) is 0. The Hall–Kier alpha value is -0.820. The zero-order valence-corrected chi connectivity index (χ0v) is 9.46. The smallest absolute Gasteiger partial charge is 0.407 e. The first-order chi connectivity index (χ1) is 6.90. The van der Waals surface area contributed by atoms with E-state index in [9.17, 15) is 13.2 Å². The van der Waals surface area contributed by atoms with Gasteiger partial charge in [0.05, 0.1) is 6.26 Å². The zero-order chi connectivity index (χ0) is 11.5. The van der Waals surface area contributed by atoms with Crippen LogP contribution >= 0.6 is 0 Å². The lowest BCUT2D eigenvalue weighted by Crippen LogP contribution is -2.48. The highest BCUT2D eigenvalue weighted by Crippen LogP contribution is 2.16. The molecule has 0 aromatic heterocycles. The molecule has 1 aliphatic rings. The molecule has 1 fully saturated rings. The van der Waals surface area contributed by atoms with Crippen molar-refractivity contribution in [1.29, 1.82) is 0 Å². The van der Waals surface area contributed by atoms with Crippen LogP contribution in [0, 0.1) is 0 Å². The second-order valence-electron chi connectivity index (χ2n) is 3.75. The van der Waals surface area contributed by atoms with E-state index in [1.54, 1.807) is 0 Å². The second kappa shape index (κ2) is 4.80. The molecule has 0 bridgehead atoms. The van der Waals surface area contributed by atoms with Crippen LogP contribution in [0.4, 0.5) is 4.79 Å². The predicted octanol–water partition coefficient (Wildman–Crippen LogP) is 0.0681. The van der Waals surface area contributed by atoms with Crippen molar-refractivity contribution < 1.29 is 18.3 Å². The molecule has 0 saturated carbocycles. The van der Waals surface area contributed by atoms with Crippen molar-refractivity contribution in [3.63, 3.8) is 0 Å². The van der Waals surface area contributed by atoms with Gasteiger partial charge in [-0.25, -0.2) is 17.9 Å². The first-order valence-corrected chi connectivity index (χ1v) is 6.73. The lowest BCUT2D eigenvalue weighted by atomic mass is 10.0. The van der Waals surface area contributed by atoms with E-state index in [-0.39, 0.29) is 12.6 Å². The third-order valence-corrected chi connectivity index (χ3v) is 3.15. The summed E-state index contributed by atoms with van der Waals surface area (Å²) in [4.78, 5) is 12.1. The molecule has 1 heterocycles. The Kier molecular flexibility index (Phi) is 3.92. The van der Waals surface area contributed by atoms with Crippen LogP contribution in [0.2, 0.25) is 0 Å². The molecule has 1 rings (SSSR count). The Morgan fingerprint density at radius 1 is 1.53 bits per heavy atom. The number of amides is 1. The van der Waals surface area contributed by atoms with E-state index in [0.717, 1.165) is 25.5 Å². The number of carbonyl (C=O) groups is 1. The number of rotatable bonds is 3. The Bertz CT molecular complexity index is 328. The second-order valence-corrected chi connectivity index (χ2v) is 5.58. The van der Waals surface area contributed by atoms with E-state index in [0.29, 0.717) is 6.54 Å². The number of piperidine rings is 1. The summed E-state index contributed by atoms with van der Waals surface area (Å²) in [6.07, 6.45) is 2.60. The lowest BCUT2D eigenvalue weighted by Gasteiger charge is -2.33. The van der Waals surface area contributed by atoms with Gasteiger partial charge in [0.2, 0.25) is 10.0 Å². The van der Waals surface area contributed by atoms with E-state index >= 15 is 0 Å². The first kappa shape index (κ1) is 12.3. The molecule has 1 atom stereocenters. The molecule has 0 aromatic rings. The highest BCUT2D eigenvalue weighted by atomic mass is 32.2. The molecule has 1 aliphatic heterocycles. The van der Waals surface area contributed by atoms with Gasteiger partial charge in [0, 0.05) is 19.1 Å². The van der Waals surface area contributed by atoms with Crippen LogP contribution in [0.1, 0.15) is 19.3 Å². The maximum absolute atomic E-state index is 10.9. The van der Waals surface area contributed by atoms with E-state index in [4.69, 9.17) is 5.11 Å². The monoisotopic (exact) mass is 236 g/mol. The SMILES string of the molecule is CS(=O)(=O)NCC1CCCCN1C(=O)O. The number of nitrogens with zero attached hydrogens (tertiary/aromatic N) is 1. The quantitative estimate of drug-likeness (QED) is 0.726. The summed E-state index contributed by atoms with van der Waals surface area (Å²) in [7, 11) is -3.24. The summed E-state index contributed by atoms with van der Waals surface area (Å²) in [5.74, 6) is 0. The number of likely N-dealkylation sites (tertiary alicyclic amines) is 1. The van der Waals surface area contributed by atoms with Crippen molar-refractivity contribution in [3.8, 4) is 0 Å². The Morgan fingerprint density at radius 2 is 2.20 bits per heavy atom. The van der Waals surface area contributed by atoms with Gasteiger partial charge in [-0.15, -0.1) is 0 Å². The molecule has 0 aromatic carbocycles. The fourth-order valence-corrected chi connectivity index (χ4v) is 2.21. The van der Waals surface area contributed by atoms with Gasteiger partial charge in [-0.1, -0.05) is 0 Å². The van der Waals surface area contributed by atoms with Gasteiger partial charge in [0.1, 0.15) is 0 Å². The maximum atomic E-state index is 10.9. The van der Waals surface area contributed by atoms with Gasteiger partial charge in [-0.2, -0.15) is 0 Å². The number of nitrogens with one attached hydrogen (secondary N) is 1. The fourth-order valence-electron chi connectivity index (χ4n) is 1.71. The third kappa shape index (κ3) is 4.05. The lowest BCUT2D eigenvalue weighted by molar-refractivity contribution is 0.108. The minimum atomic E-state index is -3.24. The number of carboxylic acid groups (broad SMARTS) is 1. The average molecular weight is 236 g/mol. The van der Waals surface area contributed by atoms with Crippen LogP contribution in [0.15, 0.2) is 0 Å². The topological polar surface area (TPSA) is 86.7 Å². The summed E-state index contributed by atoms with van der Waals surface area (Å²) >= 11 is 0. The van der Waals surface area contributed by atoms with Crippen LogP contribution in [-0.4, -0.2) is 49.9 Å². The van der Waals surface area contributed by atoms with Crippen LogP contribution < -0.4 is 4.72 Å². The minimum Gasteiger partial charge on any atom is -0.465 e. The molecule has 7 heteroatoms. The molecular formula is C8H16N2O4S. The normalized spacial score (nSPS) is 22.7. The standard InChI is InChI=1S/C8H16N2O4S/c1-15(13,14)9-6-7-4-2-3-5-10(7)8(11)12/h7,9H,2-6H2,1H3,(H,11,12). The van der Waals surface area contributed by atoms with E-state index in [1.165, 1.54) is 4.90 Å². The highest BCUT2D eigenvalue weighted by Gasteiger charge is 2.26. The van der Waals surface area contributed by atoms with E-state index in [2.05, 4.69) is 4.72 Å². The van der Waals surface area contributed by atoms with Crippen LogP contribution in [-0.2, 0) is 10.0 Å². The maximum Gasteiger partial charge on any atom is 0.407 e. The number of hydrogen-bond donors (Lipinski definition) is 2. The van der Waals surface area contributed by atoms with Crippen molar-refractivity contribution in [3.05, 3.63) is 0 Å². The Balaban J connectivity index is 2.54. The predicted molar refractivity (Wildman–Crippen MR) is 55.2 cm³/mol. The summed E-state index contributed by atoms with van der Waals surface area (Å²) < 4.78 is 24.1. The molecular weight excluding hydrogens is 220 g/mol. The van der Waals surface area contributed by atoms with E-state index in [1.807, 2.05) is 0 Å². The van der Waals surface area contributed by atoms with Gasteiger partial charge in [-0.3, -0.25) is 0 Å². The van der Waals surface area contributed by atoms with Crippen molar-refractivity contribution in [2.45, 2.75) is 25.3 Å². The first-order valence-electron chi connectivity index (χ1n) is 4.84. The largest absolute Gasteiger partial charge is 0.465 e. The summed E-state index contributed by atoms with van der Waals surface area (Å²) in [6.45, 7) is 0.663. The molecule has 0 spiro atoms. The molecule has 1 saturated heterocycles. The van der Waals surface area contributed by atoms with Crippen molar-refractivity contribution in [2.24, 2.45) is 0 Å². The molecule has 1 amide bonds. The molecule has 6 nitrogen and oxygen atoms in total. The zero-order valence-electron chi connectivity index (χ0n) is 8.64. The average Bonchev–Trinajstić information content (AvgIpc) is 2.14. The van der Waals surface area contributed by atoms with Gasteiger partial charge in [-0.05, 0) is 19.3 Å². The highest BCUT2D eigenvalue weighted by molar-refractivity contribution is 7.88. The van der Waals surface area contributed by atoms with Crippen molar-refractivity contribution >= 4 is 16.1 Å². The third-order valence-electron chi connectivity index (χ3n) is 2.45. The van der Waals surface area contributed by atoms with Crippen molar-refractivity contribution in [2.75, 3.05) is 19.3 Å². The molecule has 0 aliphatic carbocycles. The molecule has 15 heavy (non-hydrogen) atoms. The van der Waals surface area contributed by atoms with Crippen LogP contribution in [0.25, 0.3) is 0 Å². The Morgan fingerprint density at radius 3 is 2.73 bits per heavy atom. The fraction of sp³-hybridized carbons (Fsp3) is 0.875. The van der Waals surface area contributed by atoms with Gasteiger partial charge >= 0.3 is 6.09 Å². The minimum absolute atomic E-state index is 0.172. The van der Waals surface area contributed by atoms with Gasteiger partial charge in [0.15, 0.2) is 0 Å². The summed E-state index contributed by atoms with van der Waals surface area (Å²) in [5, 5.41) is 8.89. The Labute approximate surface area is 89.3 Å². The van der Waals surface area contributed by atoms with Gasteiger partial charge < -0.3 is 10.0 Å². The molecule has 88 valence electrons. The summed E-state index contributed by atoms with van der Waals surface area (Å²) in [6, 6.07) is -0.231. The van der Waals surface area contributed by atoms with Gasteiger partial charge in [0.25, 0.3) is 0 Å². The molecule has 1 unspecified atom stereocenters. The number of hydrogen-bond acceptors (Lipinski definition) is 3. The molecule has 2 N–H and O–H groups in total. The van der Waals surface area contributed by atoms with E-state index < -0.39 is 16.1 Å².